The van der Waals surface area contributed by atoms with Crippen molar-refractivity contribution in [1.29, 1.82) is 0 Å². The lowest BCUT2D eigenvalue weighted by Crippen LogP contribution is -2.51. The Labute approximate surface area is 120 Å². The lowest BCUT2D eigenvalue weighted by molar-refractivity contribution is 0.108. The van der Waals surface area contributed by atoms with Crippen LogP contribution < -0.4 is 5.32 Å². The van der Waals surface area contributed by atoms with Gasteiger partial charge in [0.1, 0.15) is 0 Å². The van der Waals surface area contributed by atoms with Crippen LogP contribution in [0.4, 0.5) is 8.78 Å². The first kappa shape index (κ1) is 15.4. The van der Waals surface area contributed by atoms with Crippen LogP contribution in [0.25, 0.3) is 0 Å². The second-order valence-corrected chi connectivity index (χ2v) is 6.17. The van der Waals surface area contributed by atoms with Crippen molar-refractivity contribution in [2.24, 2.45) is 0 Å². The molecule has 1 aromatic carbocycles. The van der Waals surface area contributed by atoms with Crippen LogP contribution in [0, 0.1) is 18.6 Å². The molecular weight excluding hydrogens is 258 g/mol. The first-order chi connectivity index (χ1) is 9.39. The molecule has 1 aliphatic heterocycles. The van der Waals surface area contributed by atoms with Gasteiger partial charge in [0.05, 0.1) is 6.04 Å². The Morgan fingerprint density at radius 3 is 2.30 bits per heavy atom. The summed E-state index contributed by atoms with van der Waals surface area (Å²) in [7, 11) is 1.81. The van der Waals surface area contributed by atoms with E-state index in [9.17, 15) is 8.78 Å². The number of likely N-dealkylation sites (N-methyl/N-ethyl adjacent to an activating group) is 1. The van der Waals surface area contributed by atoms with Gasteiger partial charge in [-0.1, -0.05) is 12.1 Å². The van der Waals surface area contributed by atoms with Crippen LogP contribution in [0.5, 0.6) is 0 Å². The second-order valence-electron chi connectivity index (χ2n) is 6.17. The Morgan fingerprint density at radius 1 is 1.15 bits per heavy atom. The van der Waals surface area contributed by atoms with E-state index >= 15 is 0 Å². The van der Waals surface area contributed by atoms with Gasteiger partial charge in [0.2, 0.25) is 0 Å². The third-order valence-corrected chi connectivity index (χ3v) is 4.53. The van der Waals surface area contributed by atoms with E-state index < -0.39 is 11.6 Å². The molecule has 112 valence electrons. The molecule has 0 amide bonds. The number of aryl methyl sites for hydroxylation is 1. The van der Waals surface area contributed by atoms with Crippen LogP contribution in [0.3, 0.4) is 0 Å². The van der Waals surface area contributed by atoms with Crippen molar-refractivity contribution in [2.45, 2.75) is 45.2 Å². The van der Waals surface area contributed by atoms with E-state index in [-0.39, 0.29) is 11.6 Å². The van der Waals surface area contributed by atoms with E-state index in [1.807, 2.05) is 0 Å². The number of nitrogens with zero attached hydrogens (tertiary/aromatic N) is 1. The number of nitrogens with one attached hydrogen (secondary N) is 1. The summed E-state index contributed by atoms with van der Waals surface area (Å²) in [5.41, 5.74) is 0.501. The van der Waals surface area contributed by atoms with Crippen molar-refractivity contribution in [3.8, 4) is 0 Å². The number of hydrogen-bond donors (Lipinski definition) is 1. The van der Waals surface area contributed by atoms with E-state index in [4.69, 9.17) is 0 Å². The van der Waals surface area contributed by atoms with Gasteiger partial charge >= 0.3 is 0 Å². The van der Waals surface area contributed by atoms with Crippen molar-refractivity contribution in [1.82, 2.24) is 10.2 Å². The largest absolute Gasteiger partial charge is 0.311 e. The first-order valence-electron chi connectivity index (χ1n) is 7.26. The minimum absolute atomic E-state index is 0.240. The third kappa shape index (κ3) is 2.59. The topological polar surface area (TPSA) is 15.3 Å². The molecule has 1 saturated heterocycles. The van der Waals surface area contributed by atoms with Crippen LogP contribution in [-0.4, -0.2) is 30.6 Å². The van der Waals surface area contributed by atoms with Gasteiger partial charge in [-0.05, 0) is 59.3 Å². The Balaban J connectivity index is 2.39. The molecule has 1 atom stereocenters. The molecule has 0 spiro atoms. The third-order valence-electron chi connectivity index (χ3n) is 4.53. The monoisotopic (exact) mass is 282 g/mol. The van der Waals surface area contributed by atoms with Crippen LogP contribution in [0.15, 0.2) is 12.1 Å². The van der Waals surface area contributed by atoms with E-state index in [1.165, 1.54) is 12.8 Å². The lowest BCUT2D eigenvalue weighted by atomic mass is 9.86. The molecule has 1 aliphatic rings. The smallest absolute Gasteiger partial charge is 0.163 e. The van der Waals surface area contributed by atoms with Gasteiger partial charge in [-0.15, -0.1) is 0 Å². The Bertz CT molecular complexity index is 480. The molecule has 0 saturated carbocycles. The summed E-state index contributed by atoms with van der Waals surface area (Å²) in [6.07, 6.45) is 2.34. The van der Waals surface area contributed by atoms with Crippen molar-refractivity contribution < 1.29 is 8.78 Å². The van der Waals surface area contributed by atoms with Gasteiger partial charge in [0.15, 0.2) is 11.6 Å². The number of likely N-dealkylation sites (tertiary alicyclic amines) is 1. The molecule has 0 aliphatic carbocycles. The maximum absolute atomic E-state index is 14.3. The lowest BCUT2D eigenvalue weighted by Gasteiger charge is -2.42. The summed E-state index contributed by atoms with van der Waals surface area (Å²) in [4.78, 5) is 2.35. The summed E-state index contributed by atoms with van der Waals surface area (Å²) < 4.78 is 28.1. The average molecular weight is 282 g/mol. The fourth-order valence-corrected chi connectivity index (χ4v) is 3.25. The SMILES string of the molecule is CNC(c1ccc(C)c(F)c1F)C(C)(C)N1CCCC1. The van der Waals surface area contributed by atoms with E-state index in [1.54, 1.807) is 26.1 Å². The number of rotatable bonds is 4. The fourth-order valence-electron chi connectivity index (χ4n) is 3.25. The average Bonchev–Trinajstić information content (AvgIpc) is 2.94. The number of benzene rings is 1. The predicted molar refractivity (Wildman–Crippen MR) is 77.8 cm³/mol. The molecule has 1 unspecified atom stereocenters. The van der Waals surface area contributed by atoms with Crippen molar-refractivity contribution in [3.05, 3.63) is 34.9 Å². The van der Waals surface area contributed by atoms with Crippen LogP contribution in [0.2, 0.25) is 0 Å². The minimum Gasteiger partial charge on any atom is -0.311 e. The summed E-state index contributed by atoms with van der Waals surface area (Å²) in [5, 5.41) is 3.17. The van der Waals surface area contributed by atoms with Gasteiger partial charge in [-0.2, -0.15) is 0 Å². The molecule has 4 heteroatoms. The zero-order valence-electron chi connectivity index (χ0n) is 12.8. The van der Waals surface area contributed by atoms with Crippen LogP contribution in [0.1, 0.15) is 43.9 Å². The highest BCUT2D eigenvalue weighted by Gasteiger charge is 2.38. The highest BCUT2D eigenvalue weighted by atomic mass is 19.2. The van der Waals surface area contributed by atoms with E-state index in [0.29, 0.717) is 11.1 Å². The summed E-state index contributed by atoms with van der Waals surface area (Å²) in [6.45, 7) is 7.80. The Hall–Kier alpha value is -1.00. The second kappa shape index (κ2) is 5.78. The minimum atomic E-state index is -0.736. The zero-order valence-corrected chi connectivity index (χ0v) is 12.8. The first-order valence-corrected chi connectivity index (χ1v) is 7.26. The molecule has 0 radical (unpaired) electrons. The Kier molecular flexibility index (Phi) is 4.45. The van der Waals surface area contributed by atoms with E-state index in [0.717, 1.165) is 13.1 Å². The van der Waals surface area contributed by atoms with Gasteiger partial charge in [0, 0.05) is 11.1 Å². The number of halogens is 2. The molecule has 20 heavy (non-hydrogen) atoms. The van der Waals surface area contributed by atoms with Crippen LogP contribution >= 0.6 is 0 Å². The normalized spacial score (nSPS) is 18.5. The molecule has 1 heterocycles. The fraction of sp³-hybridized carbons (Fsp3) is 0.625. The summed E-state index contributed by atoms with van der Waals surface area (Å²) in [5.74, 6) is -1.46. The Morgan fingerprint density at radius 2 is 1.75 bits per heavy atom. The predicted octanol–water partition coefficient (Wildman–Crippen LogP) is 3.41. The van der Waals surface area contributed by atoms with Crippen molar-refractivity contribution >= 4 is 0 Å². The molecule has 1 fully saturated rings. The maximum atomic E-state index is 14.3. The molecule has 2 nitrogen and oxygen atoms in total. The molecule has 2 rings (SSSR count). The highest BCUT2D eigenvalue weighted by Crippen LogP contribution is 2.35. The molecule has 0 aromatic heterocycles. The molecule has 0 bridgehead atoms. The molecule has 1 aromatic rings. The highest BCUT2D eigenvalue weighted by molar-refractivity contribution is 5.30. The molecular formula is C16H24F2N2. The standard InChI is InChI=1S/C16H24F2N2/c1-11-7-8-12(14(18)13(11)17)15(19-4)16(2,3)20-9-5-6-10-20/h7-8,15,19H,5-6,9-10H2,1-4H3. The van der Waals surface area contributed by atoms with Crippen LogP contribution in [-0.2, 0) is 0 Å². The zero-order chi connectivity index (χ0) is 14.9. The summed E-state index contributed by atoms with van der Waals surface area (Å²) in [6, 6.07) is 3.11. The van der Waals surface area contributed by atoms with E-state index in [2.05, 4.69) is 24.1 Å². The van der Waals surface area contributed by atoms with Gasteiger partial charge < -0.3 is 5.32 Å². The van der Waals surface area contributed by atoms with Crippen molar-refractivity contribution in [2.75, 3.05) is 20.1 Å². The van der Waals surface area contributed by atoms with Gasteiger partial charge in [-0.3, -0.25) is 4.90 Å². The van der Waals surface area contributed by atoms with Crippen molar-refractivity contribution in [3.63, 3.8) is 0 Å². The van der Waals surface area contributed by atoms with Gasteiger partial charge in [0.25, 0.3) is 0 Å². The maximum Gasteiger partial charge on any atom is 0.163 e. The van der Waals surface area contributed by atoms with Gasteiger partial charge in [-0.25, -0.2) is 8.78 Å². The quantitative estimate of drug-likeness (QED) is 0.910. The summed E-state index contributed by atoms with van der Waals surface area (Å²) >= 11 is 0. The molecule has 1 N–H and O–H groups in total. The number of hydrogen-bond acceptors (Lipinski definition) is 2.